The Morgan fingerprint density at radius 1 is 1.20 bits per heavy atom. The summed E-state index contributed by atoms with van der Waals surface area (Å²) in [5.74, 6) is -0.873. The Hall–Kier alpha value is -3.20. The van der Waals surface area contributed by atoms with Gasteiger partial charge < -0.3 is 15.4 Å². The highest BCUT2D eigenvalue weighted by Gasteiger charge is 2.22. The van der Waals surface area contributed by atoms with Crippen LogP contribution in [0.15, 0.2) is 30.3 Å². The lowest BCUT2D eigenvalue weighted by Crippen LogP contribution is -2.25. The van der Waals surface area contributed by atoms with E-state index in [9.17, 15) is 14.9 Å². The summed E-state index contributed by atoms with van der Waals surface area (Å²) in [5, 5.41) is 23.0. The lowest BCUT2D eigenvalue weighted by molar-refractivity contribution is -0.389. The standard InChI is InChI=1S/C20H23ClN6O3/c1-12(10-25-13(2)9-18(24-25)27(29)30)20(28)22-19-14(3)23-26(15(19)4)11-16-5-7-17(21)8-6-16/h5-9,12H,10-11H2,1-4H3,(H,22,28). The molecule has 0 saturated heterocycles. The van der Waals surface area contributed by atoms with E-state index >= 15 is 0 Å². The first-order chi connectivity index (χ1) is 14.2. The number of benzene rings is 1. The third kappa shape index (κ3) is 4.68. The van der Waals surface area contributed by atoms with Crippen LogP contribution in [0.5, 0.6) is 0 Å². The van der Waals surface area contributed by atoms with Gasteiger partial charge in [-0.2, -0.15) is 9.78 Å². The minimum absolute atomic E-state index is 0.204. The van der Waals surface area contributed by atoms with Crippen LogP contribution in [0.1, 0.15) is 29.6 Å². The zero-order valence-corrected chi connectivity index (χ0v) is 18.0. The molecule has 0 spiro atoms. The van der Waals surface area contributed by atoms with E-state index in [2.05, 4.69) is 15.5 Å². The van der Waals surface area contributed by atoms with Gasteiger partial charge in [-0.15, -0.1) is 0 Å². The van der Waals surface area contributed by atoms with Gasteiger partial charge in [0.25, 0.3) is 0 Å². The van der Waals surface area contributed by atoms with Gasteiger partial charge in [-0.3, -0.25) is 9.48 Å². The van der Waals surface area contributed by atoms with Crippen LogP contribution in [-0.2, 0) is 17.9 Å². The monoisotopic (exact) mass is 430 g/mol. The first-order valence-electron chi connectivity index (χ1n) is 9.44. The maximum Gasteiger partial charge on any atom is 0.390 e. The molecule has 1 N–H and O–H groups in total. The average Bonchev–Trinajstić information content (AvgIpc) is 3.18. The van der Waals surface area contributed by atoms with Crippen LogP contribution in [-0.4, -0.2) is 30.4 Å². The molecule has 1 amide bonds. The molecule has 9 nitrogen and oxygen atoms in total. The molecule has 0 aliphatic carbocycles. The number of hydrogen-bond donors (Lipinski definition) is 1. The predicted octanol–water partition coefficient (Wildman–Crippen LogP) is 3.89. The van der Waals surface area contributed by atoms with E-state index in [1.54, 1.807) is 13.8 Å². The highest BCUT2D eigenvalue weighted by molar-refractivity contribution is 6.30. The SMILES string of the molecule is Cc1nn(Cc2ccc(Cl)cc2)c(C)c1NC(=O)C(C)Cn1nc([N+](=O)[O-])cc1C. The van der Waals surface area contributed by atoms with Crippen LogP contribution in [0.4, 0.5) is 11.5 Å². The van der Waals surface area contributed by atoms with Crippen molar-refractivity contribution in [2.24, 2.45) is 5.92 Å². The number of nitrogens with zero attached hydrogens (tertiary/aromatic N) is 5. The molecule has 2 heterocycles. The zero-order chi connectivity index (χ0) is 22.0. The van der Waals surface area contributed by atoms with Crippen molar-refractivity contribution in [1.82, 2.24) is 19.6 Å². The van der Waals surface area contributed by atoms with Crippen LogP contribution in [0.25, 0.3) is 0 Å². The Balaban J connectivity index is 1.71. The minimum atomic E-state index is -0.546. The number of aryl methyl sites for hydroxylation is 2. The molecule has 0 saturated carbocycles. The van der Waals surface area contributed by atoms with Gasteiger partial charge in [0.1, 0.15) is 0 Å². The summed E-state index contributed by atoms with van der Waals surface area (Å²) in [5.41, 5.74) is 3.90. The van der Waals surface area contributed by atoms with E-state index in [1.165, 1.54) is 10.7 Å². The topological polar surface area (TPSA) is 108 Å². The van der Waals surface area contributed by atoms with Crippen molar-refractivity contribution in [3.8, 4) is 0 Å². The number of amides is 1. The van der Waals surface area contributed by atoms with Gasteiger partial charge in [0.15, 0.2) is 0 Å². The Bertz CT molecular complexity index is 1090. The molecule has 1 unspecified atom stereocenters. The maximum atomic E-state index is 12.7. The van der Waals surface area contributed by atoms with E-state index in [0.29, 0.717) is 28.6 Å². The van der Waals surface area contributed by atoms with E-state index < -0.39 is 10.8 Å². The molecule has 2 aromatic heterocycles. The summed E-state index contributed by atoms with van der Waals surface area (Å²) in [6, 6.07) is 8.91. The van der Waals surface area contributed by atoms with E-state index in [0.717, 1.165) is 11.3 Å². The van der Waals surface area contributed by atoms with E-state index in [-0.39, 0.29) is 18.3 Å². The van der Waals surface area contributed by atoms with E-state index in [1.807, 2.05) is 42.8 Å². The van der Waals surface area contributed by atoms with Crippen molar-refractivity contribution in [2.75, 3.05) is 5.32 Å². The smallest absolute Gasteiger partial charge is 0.358 e. The largest absolute Gasteiger partial charge is 0.390 e. The molecule has 10 heteroatoms. The Morgan fingerprint density at radius 3 is 2.47 bits per heavy atom. The summed E-state index contributed by atoms with van der Waals surface area (Å²) in [6.45, 7) is 8.02. The number of anilines is 1. The van der Waals surface area contributed by atoms with Gasteiger partial charge in [-0.05, 0) is 43.4 Å². The Kier molecular flexibility index (Phi) is 6.21. The van der Waals surface area contributed by atoms with Crippen molar-refractivity contribution in [3.05, 3.63) is 68.1 Å². The molecule has 0 fully saturated rings. The quantitative estimate of drug-likeness (QED) is 0.452. The zero-order valence-electron chi connectivity index (χ0n) is 17.2. The predicted molar refractivity (Wildman–Crippen MR) is 114 cm³/mol. The van der Waals surface area contributed by atoms with Crippen molar-refractivity contribution in [2.45, 2.75) is 40.8 Å². The van der Waals surface area contributed by atoms with Crippen molar-refractivity contribution < 1.29 is 9.72 Å². The van der Waals surface area contributed by atoms with Crippen LogP contribution in [0.3, 0.4) is 0 Å². The highest BCUT2D eigenvalue weighted by atomic mass is 35.5. The van der Waals surface area contributed by atoms with Gasteiger partial charge in [0.05, 0.1) is 52.9 Å². The van der Waals surface area contributed by atoms with Gasteiger partial charge in [-0.1, -0.05) is 30.7 Å². The number of aromatic nitrogens is 4. The molecule has 158 valence electrons. The molecule has 0 aliphatic rings. The molecule has 3 rings (SSSR count). The number of halogens is 1. The first kappa shape index (κ1) is 21.5. The van der Waals surface area contributed by atoms with Crippen LogP contribution >= 0.6 is 11.6 Å². The molecule has 0 radical (unpaired) electrons. The number of carbonyl (C=O) groups is 1. The fourth-order valence-electron chi connectivity index (χ4n) is 3.15. The molecule has 30 heavy (non-hydrogen) atoms. The van der Waals surface area contributed by atoms with Crippen molar-refractivity contribution in [1.29, 1.82) is 0 Å². The molecular formula is C20H23ClN6O3. The van der Waals surface area contributed by atoms with Gasteiger partial charge in [-0.25, -0.2) is 0 Å². The van der Waals surface area contributed by atoms with Crippen LogP contribution in [0.2, 0.25) is 5.02 Å². The molecule has 1 atom stereocenters. The van der Waals surface area contributed by atoms with Crippen molar-refractivity contribution in [3.63, 3.8) is 0 Å². The Morgan fingerprint density at radius 2 is 1.87 bits per heavy atom. The van der Waals surface area contributed by atoms with Crippen LogP contribution in [0, 0.1) is 36.8 Å². The number of nitrogens with one attached hydrogen (secondary N) is 1. The summed E-state index contributed by atoms with van der Waals surface area (Å²) in [4.78, 5) is 23.1. The van der Waals surface area contributed by atoms with E-state index in [4.69, 9.17) is 11.6 Å². The molecule has 0 aliphatic heterocycles. The lowest BCUT2D eigenvalue weighted by atomic mass is 10.1. The second-order valence-corrected chi connectivity index (χ2v) is 7.74. The number of rotatable bonds is 7. The third-order valence-electron chi connectivity index (χ3n) is 4.93. The Labute approximate surface area is 178 Å². The van der Waals surface area contributed by atoms with Crippen molar-refractivity contribution >= 4 is 29.0 Å². The van der Waals surface area contributed by atoms with Crippen LogP contribution < -0.4 is 5.32 Å². The number of nitro groups is 1. The minimum Gasteiger partial charge on any atom is -0.358 e. The summed E-state index contributed by atoms with van der Waals surface area (Å²) in [6.07, 6.45) is 0. The second-order valence-electron chi connectivity index (χ2n) is 7.30. The molecule has 0 bridgehead atoms. The average molecular weight is 431 g/mol. The fraction of sp³-hybridized carbons (Fsp3) is 0.350. The number of hydrogen-bond acceptors (Lipinski definition) is 5. The summed E-state index contributed by atoms with van der Waals surface area (Å²) < 4.78 is 3.31. The molecule has 1 aromatic carbocycles. The lowest BCUT2D eigenvalue weighted by Gasteiger charge is -2.12. The maximum absolute atomic E-state index is 12.7. The second kappa shape index (κ2) is 8.66. The number of carbonyl (C=O) groups excluding carboxylic acids is 1. The highest BCUT2D eigenvalue weighted by Crippen LogP contribution is 2.22. The molecule has 3 aromatic rings. The molecular weight excluding hydrogens is 408 g/mol. The first-order valence-corrected chi connectivity index (χ1v) is 9.81. The summed E-state index contributed by atoms with van der Waals surface area (Å²) in [7, 11) is 0. The normalized spacial score (nSPS) is 12.0. The van der Waals surface area contributed by atoms with Gasteiger partial charge in [0, 0.05) is 5.02 Å². The van der Waals surface area contributed by atoms with Gasteiger partial charge in [0.2, 0.25) is 5.91 Å². The third-order valence-corrected chi connectivity index (χ3v) is 5.18. The summed E-state index contributed by atoms with van der Waals surface area (Å²) >= 11 is 5.94. The fourth-order valence-corrected chi connectivity index (χ4v) is 3.28. The van der Waals surface area contributed by atoms with Gasteiger partial charge >= 0.3 is 5.82 Å².